The fourth-order valence-electron chi connectivity index (χ4n) is 2.93. The van der Waals surface area contributed by atoms with E-state index in [1.165, 1.54) is 0 Å². The van der Waals surface area contributed by atoms with Gasteiger partial charge in [-0.25, -0.2) is 0 Å². The fourth-order valence-corrected chi connectivity index (χ4v) is 2.93. The lowest BCUT2D eigenvalue weighted by Gasteiger charge is -2.68. The van der Waals surface area contributed by atoms with E-state index in [2.05, 4.69) is 26.1 Å². The molecule has 1 amide bonds. The number of aliphatic hydroxyl groups is 1. The zero-order valence-electron chi connectivity index (χ0n) is 9.84. The Bertz CT molecular complexity index is 266. The Morgan fingerprint density at radius 3 is 2.27 bits per heavy atom. The maximum Gasteiger partial charge on any atom is 0.226 e. The third-order valence-corrected chi connectivity index (χ3v) is 4.32. The van der Waals surface area contributed by atoms with Crippen LogP contribution in [0.5, 0.6) is 0 Å². The minimum absolute atomic E-state index is 0.105. The first-order valence-electron chi connectivity index (χ1n) is 5.85. The van der Waals surface area contributed by atoms with E-state index in [0.29, 0.717) is 5.92 Å². The molecule has 3 rings (SSSR count). The summed E-state index contributed by atoms with van der Waals surface area (Å²) < 4.78 is 0. The number of carbonyl (C=O) groups excluding carboxylic acids is 1. The van der Waals surface area contributed by atoms with Gasteiger partial charge in [0.05, 0.1) is 5.41 Å². The number of hydrogen-bond acceptors (Lipinski definition) is 2. The lowest BCUT2D eigenvalue weighted by atomic mass is 9.35. The molecule has 0 saturated heterocycles. The highest BCUT2D eigenvalue weighted by Gasteiger charge is 2.70. The smallest absolute Gasteiger partial charge is 0.226 e. The third kappa shape index (κ3) is 1.48. The van der Waals surface area contributed by atoms with E-state index in [1.54, 1.807) is 0 Å². The summed E-state index contributed by atoms with van der Waals surface area (Å²) in [6.07, 6.45) is 2.69. The molecule has 2 bridgehead atoms. The van der Waals surface area contributed by atoms with Crippen LogP contribution in [0, 0.1) is 16.7 Å². The van der Waals surface area contributed by atoms with E-state index in [0.717, 1.165) is 19.3 Å². The van der Waals surface area contributed by atoms with E-state index >= 15 is 0 Å². The Kier molecular flexibility index (Phi) is 2.34. The van der Waals surface area contributed by atoms with Gasteiger partial charge in [-0.05, 0) is 37.5 Å². The van der Waals surface area contributed by atoms with Gasteiger partial charge in [-0.2, -0.15) is 0 Å². The molecule has 0 spiro atoms. The van der Waals surface area contributed by atoms with Crippen molar-refractivity contribution in [3.63, 3.8) is 0 Å². The van der Waals surface area contributed by atoms with Gasteiger partial charge in [-0.1, -0.05) is 13.8 Å². The summed E-state index contributed by atoms with van der Waals surface area (Å²) in [7, 11) is 0. The quantitative estimate of drug-likeness (QED) is 0.736. The highest BCUT2D eigenvalue weighted by Crippen LogP contribution is 2.73. The molecule has 1 atom stereocenters. The number of aliphatic hydroxyl groups excluding tert-OH is 1. The molecular weight excluding hydrogens is 190 g/mol. The Hall–Kier alpha value is -0.570. The van der Waals surface area contributed by atoms with Crippen LogP contribution in [0.3, 0.4) is 0 Å². The molecule has 0 unspecified atom stereocenters. The third-order valence-electron chi connectivity index (χ3n) is 4.32. The first-order chi connectivity index (χ1) is 6.93. The molecule has 3 nitrogen and oxygen atoms in total. The van der Waals surface area contributed by atoms with Crippen molar-refractivity contribution in [1.29, 1.82) is 0 Å². The summed E-state index contributed by atoms with van der Waals surface area (Å²) in [6, 6.07) is 0.247. The first-order valence-corrected chi connectivity index (χ1v) is 5.85. The van der Waals surface area contributed by atoms with Crippen LogP contribution in [0.1, 0.15) is 40.0 Å². The number of carbonyl (C=O) groups is 1. The van der Waals surface area contributed by atoms with Crippen molar-refractivity contribution in [2.45, 2.75) is 46.1 Å². The minimum atomic E-state index is -0.105. The first kappa shape index (κ1) is 10.9. The summed E-state index contributed by atoms with van der Waals surface area (Å²) in [5, 5.41) is 12.2. The average Bonchev–Trinajstić information content (AvgIpc) is 1.99. The van der Waals surface area contributed by atoms with Crippen molar-refractivity contribution in [3.8, 4) is 0 Å². The van der Waals surface area contributed by atoms with Gasteiger partial charge in [0, 0.05) is 12.6 Å². The molecule has 86 valence electrons. The molecule has 0 heterocycles. The van der Waals surface area contributed by atoms with Crippen LogP contribution >= 0.6 is 0 Å². The van der Waals surface area contributed by atoms with Gasteiger partial charge in [-0.3, -0.25) is 4.79 Å². The van der Waals surface area contributed by atoms with Crippen LogP contribution in [-0.2, 0) is 4.79 Å². The van der Waals surface area contributed by atoms with Gasteiger partial charge >= 0.3 is 0 Å². The van der Waals surface area contributed by atoms with Gasteiger partial charge in [0.1, 0.15) is 0 Å². The van der Waals surface area contributed by atoms with Crippen LogP contribution in [0.25, 0.3) is 0 Å². The van der Waals surface area contributed by atoms with E-state index < -0.39 is 0 Å². The highest BCUT2D eigenvalue weighted by molar-refractivity contribution is 5.86. The van der Waals surface area contributed by atoms with Crippen LogP contribution in [-0.4, -0.2) is 23.7 Å². The molecule has 0 aromatic rings. The standard InChI is InChI=1S/C12H21NO2/c1-8(2)9(3)13-10(15)12-4-11(5-12,6-12)7-14/h8-9,14H,4-7H2,1-3H3,(H,13,15)/t9-,11?,12?/m1/s1. The lowest BCUT2D eigenvalue weighted by Crippen LogP contribution is -2.69. The van der Waals surface area contributed by atoms with Crippen molar-refractivity contribution in [2.75, 3.05) is 6.61 Å². The minimum Gasteiger partial charge on any atom is -0.396 e. The normalized spacial score (nSPS) is 39.3. The summed E-state index contributed by atoms with van der Waals surface area (Å²) >= 11 is 0. The Morgan fingerprint density at radius 2 is 1.87 bits per heavy atom. The second-order valence-electron chi connectivity index (χ2n) is 5.97. The molecule has 2 N–H and O–H groups in total. The zero-order chi connectivity index (χ0) is 11.3. The molecular formula is C12H21NO2. The molecule has 0 aliphatic heterocycles. The maximum atomic E-state index is 12.0. The predicted octanol–water partition coefficient (Wildman–Crippen LogP) is 1.31. The summed E-state index contributed by atoms with van der Waals surface area (Å²) in [5.74, 6) is 0.687. The Morgan fingerprint density at radius 1 is 1.33 bits per heavy atom. The zero-order valence-corrected chi connectivity index (χ0v) is 9.84. The van der Waals surface area contributed by atoms with Crippen LogP contribution in [0.15, 0.2) is 0 Å². The molecule has 3 saturated carbocycles. The van der Waals surface area contributed by atoms with E-state index in [-0.39, 0.29) is 29.4 Å². The average molecular weight is 211 g/mol. The van der Waals surface area contributed by atoms with Crippen molar-refractivity contribution in [3.05, 3.63) is 0 Å². The molecule has 0 aromatic heterocycles. The molecule has 3 heteroatoms. The van der Waals surface area contributed by atoms with Crippen molar-refractivity contribution >= 4 is 5.91 Å². The van der Waals surface area contributed by atoms with Gasteiger partial charge in [0.15, 0.2) is 0 Å². The second-order valence-corrected chi connectivity index (χ2v) is 5.97. The van der Waals surface area contributed by atoms with Crippen molar-refractivity contribution in [2.24, 2.45) is 16.7 Å². The Balaban J connectivity index is 1.85. The van der Waals surface area contributed by atoms with Gasteiger partial charge in [0.25, 0.3) is 0 Å². The summed E-state index contributed by atoms with van der Waals surface area (Å²) in [6.45, 7) is 6.53. The monoisotopic (exact) mass is 211 g/mol. The molecule has 3 fully saturated rings. The topological polar surface area (TPSA) is 49.3 Å². The molecule has 0 radical (unpaired) electrons. The molecule has 0 aromatic carbocycles. The van der Waals surface area contributed by atoms with Crippen molar-refractivity contribution in [1.82, 2.24) is 5.32 Å². The Labute approximate surface area is 91.2 Å². The fraction of sp³-hybridized carbons (Fsp3) is 0.917. The van der Waals surface area contributed by atoms with Crippen molar-refractivity contribution < 1.29 is 9.90 Å². The van der Waals surface area contributed by atoms with E-state index in [9.17, 15) is 4.79 Å². The maximum absolute atomic E-state index is 12.0. The molecule has 15 heavy (non-hydrogen) atoms. The number of rotatable bonds is 4. The molecule has 3 aliphatic rings. The van der Waals surface area contributed by atoms with Crippen LogP contribution in [0.4, 0.5) is 0 Å². The highest BCUT2D eigenvalue weighted by atomic mass is 16.3. The second kappa shape index (κ2) is 3.21. The SMILES string of the molecule is CC(C)[C@@H](C)NC(=O)C12CC(CO)(C1)C2. The van der Waals surface area contributed by atoms with Gasteiger partial charge in [0.2, 0.25) is 5.91 Å². The van der Waals surface area contributed by atoms with Crippen LogP contribution < -0.4 is 5.32 Å². The lowest BCUT2D eigenvalue weighted by molar-refractivity contribution is -0.221. The van der Waals surface area contributed by atoms with Crippen LogP contribution in [0.2, 0.25) is 0 Å². The van der Waals surface area contributed by atoms with E-state index in [1.807, 2.05) is 0 Å². The summed E-state index contributed by atoms with van der Waals surface area (Å²) in [5.41, 5.74) is 0.0181. The van der Waals surface area contributed by atoms with Gasteiger partial charge < -0.3 is 10.4 Å². The number of hydrogen-bond donors (Lipinski definition) is 2. The van der Waals surface area contributed by atoms with E-state index in [4.69, 9.17) is 5.11 Å². The molecule has 3 aliphatic carbocycles. The number of nitrogens with one attached hydrogen (secondary N) is 1. The number of amides is 1. The largest absolute Gasteiger partial charge is 0.396 e. The summed E-state index contributed by atoms with van der Waals surface area (Å²) in [4.78, 5) is 12.0. The van der Waals surface area contributed by atoms with Gasteiger partial charge in [-0.15, -0.1) is 0 Å². The predicted molar refractivity (Wildman–Crippen MR) is 58.2 cm³/mol.